The van der Waals surface area contributed by atoms with Crippen molar-refractivity contribution in [2.24, 2.45) is 0 Å². The number of para-hydroxylation sites is 1. The van der Waals surface area contributed by atoms with Gasteiger partial charge in [0, 0.05) is 31.7 Å². The van der Waals surface area contributed by atoms with Crippen LogP contribution in [0.5, 0.6) is 11.5 Å². The summed E-state index contributed by atoms with van der Waals surface area (Å²) in [6.45, 7) is 3.81. The molecule has 0 spiro atoms. The highest BCUT2D eigenvalue weighted by atomic mass is 32.2. The van der Waals surface area contributed by atoms with Crippen LogP contribution in [0.3, 0.4) is 0 Å². The van der Waals surface area contributed by atoms with E-state index >= 15 is 0 Å². The van der Waals surface area contributed by atoms with Crippen molar-refractivity contribution in [3.05, 3.63) is 89.7 Å². The summed E-state index contributed by atoms with van der Waals surface area (Å²) < 4.78 is 46.3. The normalized spacial score (nSPS) is 16.4. The number of nitrogens with zero attached hydrogens (tertiary/aromatic N) is 2. The van der Waals surface area contributed by atoms with Crippen molar-refractivity contribution < 1.29 is 22.7 Å². The zero-order valence-corrected chi connectivity index (χ0v) is 19.2. The van der Waals surface area contributed by atoms with Gasteiger partial charge >= 0.3 is 0 Å². The van der Waals surface area contributed by atoms with Crippen LogP contribution in [0.4, 0.5) is 4.39 Å². The first kappa shape index (κ1) is 23.2. The lowest BCUT2D eigenvalue weighted by Crippen LogP contribution is -2.49. The molecule has 0 bridgehead atoms. The zero-order valence-electron chi connectivity index (χ0n) is 18.4. The van der Waals surface area contributed by atoms with E-state index in [9.17, 15) is 17.9 Å². The molecule has 3 aromatic rings. The molecule has 1 aliphatic rings. The largest absolute Gasteiger partial charge is 0.504 e. The minimum Gasteiger partial charge on any atom is -0.504 e. The number of sulfonamides is 1. The molecular formula is C25H27FN2O4S. The van der Waals surface area contributed by atoms with Crippen LogP contribution >= 0.6 is 0 Å². The Kier molecular flexibility index (Phi) is 6.97. The van der Waals surface area contributed by atoms with Crippen molar-refractivity contribution in [2.45, 2.75) is 17.9 Å². The summed E-state index contributed by atoms with van der Waals surface area (Å²) >= 11 is 0. The maximum Gasteiger partial charge on any atom is 0.243 e. The van der Waals surface area contributed by atoms with Gasteiger partial charge in [-0.3, -0.25) is 4.90 Å². The highest BCUT2D eigenvalue weighted by molar-refractivity contribution is 7.89. The number of rotatable bonds is 7. The molecule has 0 radical (unpaired) electrons. The standard InChI is InChI=1S/C25H27FN2O4S/c1-2-32-23-10-6-9-22(25(23)29)24(19-7-4-3-5-8-19)27-15-17-28(18-16-27)33(30,31)21-13-11-20(26)12-14-21/h3-14,24,29H,2,15-18H2,1H3/t24-/m0/s1. The third-order valence-electron chi connectivity index (χ3n) is 5.83. The van der Waals surface area contributed by atoms with E-state index in [4.69, 9.17) is 4.74 Å². The van der Waals surface area contributed by atoms with Gasteiger partial charge in [-0.1, -0.05) is 42.5 Å². The van der Waals surface area contributed by atoms with E-state index in [1.54, 1.807) is 6.07 Å². The van der Waals surface area contributed by atoms with Crippen LogP contribution < -0.4 is 4.74 Å². The minimum absolute atomic E-state index is 0.0824. The number of hydrogen-bond acceptors (Lipinski definition) is 5. The summed E-state index contributed by atoms with van der Waals surface area (Å²) in [6.07, 6.45) is 0. The highest BCUT2D eigenvalue weighted by Gasteiger charge is 2.33. The van der Waals surface area contributed by atoms with Crippen molar-refractivity contribution >= 4 is 10.0 Å². The molecule has 174 valence electrons. The number of hydrogen-bond donors (Lipinski definition) is 1. The van der Waals surface area contributed by atoms with Gasteiger partial charge in [0.25, 0.3) is 0 Å². The summed E-state index contributed by atoms with van der Waals surface area (Å²) in [5, 5.41) is 10.9. The Hall–Kier alpha value is -2.94. The minimum atomic E-state index is -3.71. The molecule has 0 aromatic heterocycles. The summed E-state index contributed by atoms with van der Waals surface area (Å²) in [6, 6.07) is 19.9. The average molecular weight is 471 g/mol. The Balaban J connectivity index is 1.61. The van der Waals surface area contributed by atoms with Crippen LogP contribution in [0.2, 0.25) is 0 Å². The predicted molar refractivity (Wildman–Crippen MR) is 124 cm³/mol. The van der Waals surface area contributed by atoms with Crippen molar-refractivity contribution in [3.63, 3.8) is 0 Å². The quantitative estimate of drug-likeness (QED) is 0.565. The van der Waals surface area contributed by atoms with Gasteiger partial charge in [0.15, 0.2) is 11.5 Å². The first-order valence-electron chi connectivity index (χ1n) is 10.9. The third-order valence-corrected chi connectivity index (χ3v) is 7.74. The predicted octanol–water partition coefficient (Wildman–Crippen LogP) is 4.03. The van der Waals surface area contributed by atoms with Gasteiger partial charge in [0.1, 0.15) is 5.82 Å². The van der Waals surface area contributed by atoms with Gasteiger partial charge < -0.3 is 9.84 Å². The molecule has 1 heterocycles. The molecule has 1 aliphatic heterocycles. The molecule has 1 fully saturated rings. The van der Waals surface area contributed by atoms with E-state index < -0.39 is 15.8 Å². The lowest BCUT2D eigenvalue weighted by atomic mass is 9.95. The van der Waals surface area contributed by atoms with E-state index in [0.717, 1.165) is 17.7 Å². The fourth-order valence-electron chi connectivity index (χ4n) is 4.21. The number of benzene rings is 3. The van der Waals surface area contributed by atoms with Gasteiger partial charge in [-0.2, -0.15) is 4.31 Å². The first-order chi connectivity index (χ1) is 15.9. The molecule has 0 unspecified atom stereocenters. The van der Waals surface area contributed by atoms with E-state index in [2.05, 4.69) is 4.90 Å². The fraction of sp³-hybridized carbons (Fsp3) is 0.280. The number of aromatic hydroxyl groups is 1. The van der Waals surface area contributed by atoms with Crippen molar-refractivity contribution in [2.75, 3.05) is 32.8 Å². The van der Waals surface area contributed by atoms with Crippen LogP contribution in [0, 0.1) is 5.82 Å². The molecule has 6 nitrogen and oxygen atoms in total. The van der Waals surface area contributed by atoms with Crippen molar-refractivity contribution in [1.82, 2.24) is 9.21 Å². The number of halogens is 1. The SMILES string of the molecule is CCOc1cccc([C@H](c2ccccc2)N2CCN(S(=O)(=O)c3ccc(F)cc3)CC2)c1O. The van der Waals surface area contributed by atoms with Crippen LogP contribution in [0.1, 0.15) is 24.1 Å². The summed E-state index contributed by atoms with van der Waals surface area (Å²) in [5.41, 5.74) is 1.71. The maximum absolute atomic E-state index is 13.2. The van der Waals surface area contributed by atoms with Gasteiger partial charge in [-0.25, -0.2) is 12.8 Å². The molecule has 33 heavy (non-hydrogen) atoms. The fourth-order valence-corrected chi connectivity index (χ4v) is 5.63. The highest BCUT2D eigenvalue weighted by Crippen LogP contribution is 2.40. The van der Waals surface area contributed by atoms with Crippen LogP contribution in [0.15, 0.2) is 77.7 Å². The van der Waals surface area contributed by atoms with E-state index in [0.29, 0.717) is 31.0 Å². The molecule has 1 saturated heterocycles. The molecular weight excluding hydrogens is 443 g/mol. The number of ether oxygens (including phenoxy) is 1. The summed E-state index contributed by atoms with van der Waals surface area (Å²) in [5.74, 6) is 0.0431. The van der Waals surface area contributed by atoms with Crippen molar-refractivity contribution in [3.8, 4) is 11.5 Å². The maximum atomic E-state index is 13.2. The Bertz CT molecular complexity index is 1180. The Morgan fingerprint density at radius 2 is 1.61 bits per heavy atom. The molecule has 1 N–H and O–H groups in total. The number of phenolic OH excluding ortho intramolecular Hbond substituents is 1. The molecule has 0 aliphatic carbocycles. The number of piperazine rings is 1. The monoisotopic (exact) mass is 470 g/mol. The van der Waals surface area contributed by atoms with Crippen LogP contribution in [-0.2, 0) is 10.0 Å². The second-order valence-electron chi connectivity index (χ2n) is 7.83. The first-order valence-corrected chi connectivity index (χ1v) is 12.3. The Morgan fingerprint density at radius 1 is 0.939 bits per heavy atom. The molecule has 1 atom stereocenters. The summed E-state index contributed by atoms with van der Waals surface area (Å²) in [4.78, 5) is 2.25. The average Bonchev–Trinajstić information content (AvgIpc) is 2.83. The van der Waals surface area contributed by atoms with Gasteiger partial charge in [-0.15, -0.1) is 0 Å². The third kappa shape index (κ3) is 4.88. The molecule has 4 rings (SSSR count). The van der Waals surface area contributed by atoms with E-state index in [1.807, 2.05) is 49.4 Å². The van der Waals surface area contributed by atoms with Gasteiger partial charge in [0.2, 0.25) is 10.0 Å². The van der Waals surface area contributed by atoms with Crippen molar-refractivity contribution in [1.29, 1.82) is 0 Å². The van der Waals surface area contributed by atoms with E-state index in [1.165, 1.54) is 16.4 Å². The number of phenols is 1. The second kappa shape index (κ2) is 9.91. The lowest BCUT2D eigenvalue weighted by Gasteiger charge is -2.39. The Morgan fingerprint density at radius 3 is 2.24 bits per heavy atom. The molecule has 8 heteroatoms. The van der Waals surface area contributed by atoms with Crippen LogP contribution in [0.25, 0.3) is 0 Å². The van der Waals surface area contributed by atoms with Gasteiger partial charge in [0.05, 0.1) is 17.5 Å². The lowest BCUT2D eigenvalue weighted by molar-refractivity contribution is 0.153. The topological polar surface area (TPSA) is 70.1 Å². The zero-order chi connectivity index (χ0) is 23.4. The Labute approximate surface area is 193 Å². The molecule has 0 amide bonds. The molecule has 3 aromatic carbocycles. The summed E-state index contributed by atoms with van der Waals surface area (Å²) in [7, 11) is -3.71. The smallest absolute Gasteiger partial charge is 0.243 e. The van der Waals surface area contributed by atoms with Gasteiger partial charge in [-0.05, 0) is 42.8 Å². The molecule has 0 saturated carbocycles. The van der Waals surface area contributed by atoms with E-state index in [-0.39, 0.29) is 29.8 Å². The second-order valence-corrected chi connectivity index (χ2v) is 9.77. The van der Waals surface area contributed by atoms with Crippen LogP contribution in [-0.4, -0.2) is 55.5 Å².